The van der Waals surface area contributed by atoms with Crippen LogP contribution < -0.4 is 10.1 Å². The van der Waals surface area contributed by atoms with E-state index in [-0.39, 0.29) is 5.91 Å². The molecule has 5 heteroatoms. The fraction of sp³-hybridized carbons (Fsp3) is 0.562. The first-order chi connectivity index (χ1) is 10.2. The van der Waals surface area contributed by atoms with Crippen LogP contribution in [0.15, 0.2) is 24.3 Å². The minimum atomic E-state index is 0.0547. The molecule has 2 rings (SSSR count). The Morgan fingerprint density at radius 1 is 1.33 bits per heavy atom. The molecule has 0 aliphatic carbocycles. The number of benzene rings is 1. The quantitative estimate of drug-likeness (QED) is 0.808. The molecule has 1 aromatic rings. The van der Waals surface area contributed by atoms with Crippen molar-refractivity contribution in [2.75, 3.05) is 40.5 Å². The van der Waals surface area contributed by atoms with Crippen molar-refractivity contribution in [2.24, 2.45) is 0 Å². The minimum absolute atomic E-state index is 0.0547. The minimum Gasteiger partial charge on any atom is -0.491 e. The highest BCUT2D eigenvalue weighted by Crippen LogP contribution is 2.18. The van der Waals surface area contributed by atoms with Gasteiger partial charge in [0, 0.05) is 25.8 Å². The van der Waals surface area contributed by atoms with Crippen LogP contribution in [0.25, 0.3) is 0 Å². The van der Waals surface area contributed by atoms with Gasteiger partial charge in [-0.25, -0.2) is 0 Å². The molecular weight excluding hydrogens is 268 g/mol. The summed E-state index contributed by atoms with van der Waals surface area (Å²) in [5.41, 5.74) is 0.672. The predicted octanol–water partition coefficient (Wildman–Crippen LogP) is 1.54. The Morgan fingerprint density at radius 3 is 2.81 bits per heavy atom. The van der Waals surface area contributed by atoms with E-state index >= 15 is 0 Å². The van der Waals surface area contributed by atoms with Crippen molar-refractivity contribution in [3.63, 3.8) is 0 Å². The third kappa shape index (κ3) is 4.44. The number of nitrogens with one attached hydrogen (secondary N) is 1. The third-order valence-corrected chi connectivity index (χ3v) is 3.81. The molecule has 116 valence electrons. The van der Waals surface area contributed by atoms with E-state index in [1.807, 2.05) is 30.1 Å². The van der Waals surface area contributed by atoms with Crippen LogP contribution in [0.3, 0.4) is 0 Å². The normalized spacial score (nSPS) is 15.7. The van der Waals surface area contributed by atoms with Crippen LogP contribution in [0.4, 0.5) is 0 Å². The monoisotopic (exact) mass is 292 g/mol. The van der Waals surface area contributed by atoms with Gasteiger partial charge in [0.15, 0.2) is 0 Å². The molecule has 21 heavy (non-hydrogen) atoms. The molecular formula is C16H24N2O3. The van der Waals surface area contributed by atoms with Gasteiger partial charge in [0.05, 0.1) is 6.61 Å². The van der Waals surface area contributed by atoms with E-state index < -0.39 is 0 Å². The zero-order chi connectivity index (χ0) is 15.1. The Kier molecular flexibility index (Phi) is 6.02. The van der Waals surface area contributed by atoms with Crippen molar-refractivity contribution in [3.05, 3.63) is 29.8 Å². The smallest absolute Gasteiger partial charge is 0.253 e. The molecule has 5 nitrogen and oxygen atoms in total. The van der Waals surface area contributed by atoms with Gasteiger partial charge in [-0.1, -0.05) is 6.07 Å². The Hall–Kier alpha value is -1.59. The molecule has 0 spiro atoms. The molecule has 0 radical (unpaired) electrons. The standard InChI is InChI=1S/C16H24N2O3/c1-18(14-6-8-17-9-7-14)16(19)13-4-3-5-15(12-13)21-11-10-20-2/h3-5,12,14,17H,6-11H2,1-2H3. The lowest BCUT2D eigenvalue weighted by molar-refractivity contribution is 0.0702. The molecule has 1 heterocycles. The summed E-state index contributed by atoms with van der Waals surface area (Å²) in [5, 5.41) is 3.32. The molecule has 0 unspecified atom stereocenters. The second-order valence-corrected chi connectivity index (χ2v) is 5.27. The highest BCUT2D eigenvalue weighted by Gasteiger charge is 2.22. The van der Waals surface area contributed by atoms with Crippen molar-refractivity contribution in [3.8, 4) is 5.75 Å². The lowest BCUT2D eigenvalue weighted by Crippen LogP contribution is -2.43. The van der Waals surface area contributed by atoms with Crippen molar-refractivity contribution >= 4 is 5.91 Å². The van der Waals surface area contributed by atoms with Gasteiger partial charge in [-0.05, 0) is 44.1 Å². The van der Waals surface area contributed by atoms with Gasteiger partial charge in [-0.15, -0.1) is 0 Å². The molecule has 0 aromatic heterocycles. The molecule has 1 N–H and O–H groups in total. The average molecular weight is 292 g/mol. The fourth-order valence-corrected chi connectivity index (χ4v) is 2.53. The molecule has 1 aliphatic rings. The van der Waals surface area contributed by atoms with Gasteiger partial charge in [-0.3, -0.25) is 4.79 Å². The van der Waals surface area contributed by atoms with E-state index in [0.717, 1.165) is 25.9 Å². The van der Waals surface area contributed by atoms with Crippen LogP contribution in [-0.4, -0.2) is 57.3 Å². The maximum absolute atomic E-state index is 12.6. The molecule has 0 bridgehead atoms. The van der Waals surface area contributed by atoms with Crippen molar-refractivity contribution in [1.82, 2.24) is 10.2 Å². The number of nitrogens with zero attached hydrogens (tertiary/aromatic N) is 1. The van der Waals surface area contributed by atoms with Crippen LogP contribution >= 0.6 is 0 Å². The second-order valence-electron chi connectivity index (χ2n) is 5.27. The summed E-state index contributed by atoms with van der Waals surface area (Å²) in [7, 11) is 3.52. The first kappa shape index (κ1) is 15.8. The van der Waals surface area contributed by atoms with Gasteiger partial charge in [0.1, 0.15) is 12.4 Å². The summed E-state index contributed by atoms with van der Waals surface area (Å²) >= 11 is 0. The van der Waals surface area contributed by atoms with E-state index in [4.69, 9.17) is 9.47 Å². The highest BCUT2D eigenvalue weighted by molar-refractivity contribution is 5.94. The van der Waals surface area contributed by atoms with Gasteiger partial charge in [-0.2, -0.15) is 0 Å². The number of rotatable bonds is 6. The Labute approximate surface area is 126 Å². The number of amides is 1. The van der Waals surface area contributed by atoms with Crippen LogP contribution in [0, 0.1) is 0 Å². The Morgan fingerprint density at radius 2 is 2.10 bits per heavy atom. The van der Waals surface area contributed by atoms with Gasteiger partial charge in [0.2, 0.25) is 0 Å². The van der Waals surface area contributed by atoms with Crippen LogP contribution in [0.2, 0.25) is 0 Å². The number of methoxy groups -OCH3 is 1. The largest absolute Gasteiger partial charge is 0.491 e. The summed E-state index contributed by atoms with van der Waals surface area (Å²) in [6.07, 6.45) is 2.01. The SMILES string of the molecule is COCCOc1cccc(C(=O)N(C)C2CCNCC2)c1. The summed E-state index contributed by atoms with van der Waals surface area (Å²) in [6, 6.07) is 7.66. The number of carbonyl (C=O) groups excluding carboxylic acids is 1. The van der Waals surface area contributed by atoms with E-state index in [2.05, 4.69) is 5.32 Å². The first-order valence-electron chi connectivity index (χ1n) is 7.42. The predicted molar refractivity (Wildman–Crippen MR) is 81.8 cm³/mol. The summed E-state index contributed by atoms with van der Waals surface area (Å²) < 4.78 is 10.5. The van der Waals surface area contributed by atoms with Crippen molar-refractivity contribution in [2.45, 2.75) is 18.9 Å². The van der Waals surface area contributed by atoms with Gasteiger partial charge in [0.25, 0.3) is 5.91 Å². The zero-order valence-corrected chi connectivity index (χ0v) is 12.8. The molecule has 1 saturated heterocycles. The molecule has 0 atom stereocenters. The van der Waals surface area contributed by atoms with Crippen LogP contribution in [-0.2, 0) is 4.74 Å². The summed E-state index contributed by atoms with van der Waals surface area (Å²) in [6.45, 7) is 2.97. The molecule has 1 amide bonds. The van der Waals surface area contributed by atoms with E-state index in [1.165, 1.54) is 0 Å². The van der Waals surface area contributed by atoms with Crippen molar-refractivity contribution < 1.29 is 14.3 Å². The maximum Gasteiger partial charge on any atom is 0.253 e. The number of carbonyl (C=O) groups is 1. The number of ether oxygens (including phenoxy) is 2. The molecule has 1 fully saturated rings. The van der Waals surface area contributed by atoms with E-state index in [0.29, 0.717) is 30.6 Å². The van der Waals surface area contributed by atoms with Crippen molar-refractivity contribution in [1.29, 1.82) is 0 Å². The average Bonchev–Trinajstić information content (AvgIpc) is 2.55. The maximum atomic E-state index is 12.6. The Bertz CT molecular complexity index is 459. The lowest BCUT2D eigenvalue weighted by Gasteiger charge is -2.31. The first-order valence-corrected chi connectivity index (χ1v) is 7.42. The Balaban J connectivity index is 1.99. The summed E-state index contributed by atoms with van der Waals surface area (Å²) in [4.78, 5) is 14.4. The summed E-state index contributed by atoms with van der Waals surface area (Å²) in [5.74, 6) is 0.760. The van der Waals surface area contributed by atoms with Crippen LogP contribution in [0.5, 0.6) is 5.75 Å². The van der Waals surface area contributed by atoms with Crippen LogP contribution in [0.1, 0.15) is 23.2 Å². The molecule has 1 aliphatic heterocycles. The molecule has 0 saturated carbocycles. The second kappa shape index (κ2) is 8.00. The lowest BCUT2D eigenvalue weighted by atomic mass is 10.0. The fourth-order valence-electron chi connectivity index (χ4n) is 2.53. The number of hydrogen-bond donors (Lipinski definition) is 1. The van der Waals surface area contributed by atoms with Gasteiger partial charge < -0.3 is 19.7 Å². The molecule has 1 aromatic carbocycles. The highest BCUT2D eigenvalue weighted by atomic mass is 16.5. The van der Waals surface area contributed by atoms with Gasteiger partial charge >= 0.3 is 0 Å². The number of hydrogen-bond acceptors (Lipinski definition) is 4. The zero-order valence-electron chi connectivity index (χ0n) is 12.8. The topological polar surface area (TPSA) is 50.8 Å². The number of piperidine rings is 1. The van der Waals surface area contributed by atoms with E-state index in [1.54, 1.807) is 13.2 Å². The third-order valence-electron chi connectivity index (χ3n) is 3.81. The van der Waals surface area contributed by atoms with E-state index in [9.17, 15) is 4.79 Å².